The predicted octanol–water partition coefficient (Wildman–Crippen LogP) is 2.74. The van der Waals surface area contributed by atoms with Gasteiger partial charge in [0.1, 0.15) is 6.42 Å². The first-order valence-electron chi connectivity index (χ1n) is 5.16. The second-order valence-corrected chi connectivity index (χ2v) is 4.59. The molecular weight excluding hydrogens is 234 g/mol. The van der Waals surface area contributed by atoms with Crippen molar-refractivity contribution in [3.8, 4) is 6.07 Å². The molecule has 1 aromatic heterocycles. The summed E-state index contributed by atoms with van der Waals surface area (Å²) in [5, 5.41) is 12.3. The molecule has 4 nitrogen and oxygen atoms in total. The number of benzene rings is 1. The van der Waals surface area contributed by atoms with Crippen LogP contribution in [0.5, 0.6) is 0 Å². The molecule has 1 aromatic carbocycles. The zero-order valence-electron chi connectivity index (χ0n) is 9.38. The van der Waals surface area contributed by atoms with Crippen molar-refractivity contribution in [2.45, 2.75) is 24.0 Å². The zero-order chi connectivity index (χ0) is 12.1. The molecule has 2 aromatic rings. The summed E-state index contributed by atoms with van der Waals surface area (Å²) in [6, 6.07) is 10.2. The quantitative estimate of drug-likeness (QED) is 0.775. The van der Waals surface area contributed by atoms with Gasteiger partial charge in [-0.25, -0.2) is 0 Å². The molecule has 0 atom stereocenters. The molecule has 0 N–H and O–H groups in total. The summed E-state index contributed by atoms with van der Waals surface area (Å²) in [7, 11) is 0. The van der Waals surface area contributed by atoms with Crippen LogP contribution in [0.1, 0.15) is 17.3 Å². The van der Waals surface area contributed by atoms with Crippen LogP contribution in [-0.2, 0) is 12.2 Å². The van der Waals surface area contributed by atoms with Crippen LogP contribution in [0.3, 0.4) is 0 Å². The van der Waals surface area contributed by atoms with Crippen molar-refractivity contribution in [3.63, 3.8) is 0 Å². The van der Waals surface area contributed by atoms with Gasteiger partial charge in [-0.15, -0.1) is 11.8 Å². The Morgan fingerprint density at radius 1 is 1.47 bits per heavy atom. The number of rotatable bonds is 4. The van der Waals surface area contributed by atoms with Gasteiger partial charge in [0, 0.05) is 4.90 Å². The molecule has 0 aliphatic rings. The number of hydrogen-bond acceptors (Lipinski definition) is 5. The van der Waals surface area contributed by atoms with E-state index in [9.17, 15) is 0 Å². The number of aryl methyl sites for hydroxylation is 1. The van der Waals surface area contributed by atoms with Crippen LogP contribution in [0, 0.1) is 18.3 Å². The molecule has 5 heteroatoms. The van der Waals surface area contributed by atoms with E-state index in [1.54, 1.807) is 11.8 Å². The average Bonchev–Trinajstić information content (AvgIpc) is 2.75. The first-order valence-corrected chi connectivity index (χ1v) is 6.14. The van der Waals surface area contributed by atoms with E-state index in [1.165, 1.54) is 10.5 Å². The molecule has 0 saturated carbocycles. The van der Waals surface area contributed by atoms with E-state index in [2.05, 4.69) is 29.2 Å². The number of nitriles is 1. The van der Waals surface area contributed by atoms with Crippen molar-refractivity contribution in [1.29, 1.82) is 5.26 Å². The lowest BCUT2D eigenvalue weighted by molar-refractivity contribution is 0.383. The lowest BCUT2D eigenvalue weighted by Crippen LogP contribution is -1.85. The molecule has 1 heterocycles. The molecule has 17 heavy (non-hydrogen) atoms. The fourth-order valence-electron chi connectivity index (χ4n) is 1.34. The first kappa shape index (κ1) is 11.7. The van der Waals surface area contributed by atoms with Crippen LogP contribution in [0.25, 0.3) is 0 Å². The molecule has 0 unspecified atom stereocenters. The van der Waals surface area contributed by atoms with Gasteiger partial charge in [-0.05, 0) is 19.1 Å². The van der Waals surface area contributed by atoms with Gasteiger partial charge in [-0.1, -0.05) is 22.9 Å². The molecular formula is C12H11N3OS. The highest BCUT2D eigenvalue weighted by atomic mass is 32.2. The Kier molecular flexibility index (Phi) is 3.78. The number of hydrogen-bond donors (Lipinski definition) is 0. The highest BCUT2D eigenvalue weighted by Gasteiger charge is 2.06. The molecule has 0 spiro atoms. The summed E-state index contributed by atoms with van der Waals surface area (Å²) in [5.41, 5.74) is 1.23. The molecule has 2 rings (SSSR count). The van der Waals surface area contributed by atoms with E-state index < -0.39 is 0 Å². The summed E-state index contributed by atoms with van der Waals surface area (Å²) in [5.74, 6) is 1.66. The fourth-order valence-corrected chi connectivity index (χ4v) is 2.20. The van der Waals surface area contributed by atoms with Gasteiger partial charge in [-0.2, -0.15) is 10.2 Å². The summed E-state index contributed by atoms with van der Waals surface area (Å²) < 4.78 is 4.92. The smallest absolute Gasteiger partial charge is 0.240 e. The van der Waals surface area contributed by atoms with Crippen molar-refractivity contribution < 1.29 is 4.52 Å². The SMILES string of the molecule is Cc1cccc(SCc2noc(CC#N)n2)c1. The van der Waals surface area contributed by atoms with E-state index in [0.717, 1.165) is 0 Å². The monoisotopic (exact) mass is 245 g/mol. The molecule has 0 bridgehead atoms. The van der Waals surface area contributed by atoms with Crippen LogP contribution in [0.15, 0.2) is 33.7 Å². The second kappa shape index (κ2) is 5.51. The summed E-state index contributed by atoms with van der Waals surface area (Å²) >= 11 is 1.65. The second-order valence-electron chi connectivity index (χ2n) is 3.54. The van der Waals surface area contributed by atoms with Gasteiger partial charge < -0.3 is 4.52 Å². The standard InChI is InChI=1S/C12H11N3OS/c1-9-3-2-4-10(7-9)17-8-11-14-12(5-6-13)16-15-11/h2-4,7H,5,8H2,1H3. The van der Waals surface area contributed by atoms with Gasteiger partial charge >= 0.3 is 0 Å². The molecule has 0 fully saturated rings. The van der Waals surface area contributed by atoms with E-state index in [-0.39, 0.29) is 6.42 Å². The fraction of sp³-hybridized carbons (Fsp3) is 0.250. The van der Waals surface area contributed by atoms with Crippen molar-refractivity contribution in [1.82, 2.24) is 10.1 Å². The average molecular weight is 245 g/mol. The van der Waals surface area contributed by atoms with Crippen LogP contribution in [0.4, 0.5) is 0 Å². The maximum absolute atomic E-state index is 8.48. The minimum absolute atomic E-state index is 0.169. The highest BCUT2D eigenvalue weighted by molar-refractivity contribution is 7.98. The largest absolute Gasteiger partial charge is 0.338 e. The van der Waals surface area contributed by atoms with Gasteiger partial charge in [0.25, 0.3) is 0 Å². The van der Waals surface area contributed by atoms with E-state index in [0.29, 0.717) is 17.5 Å². The Labute approximate surface area is 104 Å². The first-order chi connectivity index (χ1) is 8.28. The minimum atomic E-state index is 0.169. The Morgan fingerprint density at radius 3 is 3.12 bits per heavy atom. The number of nitrogens with zero attached hydrogens (tertiary/aromatic N) is 3. The Bertz CT molecular complexity index is 545. The summed E-state index contributed by atoms with van der Waals surface area (Å²) in [6.45, 7) is 2.06. The van der Waals surface area contributed by atoms with Crippen molar-refractivity contribution in [2.75, 3.05) is 0 Å². The molecule has 86 valence electrons. The third-order valence-corrected chi connectivity index (χ3v) is 3.09. The van der Waals surface area contributed by atoms with Crippen molar-refractivity contribution in [3.05, 3.63) is 41.5 Å². The van der Waals surface area contributed by atoms with Crippen LogP contribution < -0.4 is 0 Å². The van der Waals surface area contributed by atoms with Gasteiger partial charge in [0.15, 0.2) is 5.82 Å². The Morgan fingerprint density at radius 2 is 2.35 bits per heavy atom. The van der Waals surface area contributed by atoms with Crippen molar-refractivity contribution in [2.24, 2.45) is 0 Å². The van der Waals surface area contributed by atoms with E-state index >= 15 is 0 Å². The number of thioether (sulfide) groups is 1. The Balaban J connectivity index is 1.95. The Hall–Kier alpha value is -1.80. The highest BCUT2D eigenvalue weighted by Crippen LogP contribution is 2.22. The van der Waals surface area contributed by atoms with Gasteiger partial charge in [0.05, 0.1) is 11.8 Å². The summed E-state index contributed by atoms with van der Waals surface area (Å²) in [4.78, 5) is 5.29. The predicted molar refractivity (Wildman–Crippen MR) is 64.4 cm³/mol. The van der Waals surface area contributed by atoms with Crippen molar-refractivity contribution >= 4 is 11.8 Å². The lowest BCUT2D eigenvalue weighted by Gasteiger charge is -1.99. The van der Waals surface area contributed by atoms with Crippen LogP contribution >= 0.6 is 11.8 Å². The molecule has 0 amide bonds. The molecule has 0 saturated heterocycles. The third kappa shape index (κ3) is 3.33. The van der Waals surface area contributed by atoms with Gasteiger partial charge in [0.2, 0.25) is 5.89 Å². The van der Waals surface area contributed by atoms with Gasteiger partial charge in [-0.3, -0.25) is 0 Å². The van der Waals surface area contributed by atoms with E-state index in [4.69, 9.17) is 9.78 Å². The maximum atomic E-state index is 8.48. The maximum Gasteiger partial charge on any atom is 0.240 e. The normalized spacial score (nSPS) is 10.1. The van der Waals surface area contributed by atoms with E-state index in [1.807, 2.05) is 18.2 Å². The zero-order valence-corrected chi connectivity index (χ0v) is 10.2. The molecule has 0 aliphatic heterocycles. The minimum Gasteiger partial charge on any atom is -0.338 e. The third-order valence-electron chi connectivity index (χ3n) is 2.10. The van der Waals surface area contributed by atoms with Crippen LogP contribution in [0.2, 0.25) is 0 Å². The van der Waals surface area contributed by atoms with Crippen LogP contribution in [-0.4, -0.2) is 10.1 Å². The number of aromatic nitrogens is 2. The molecule has 0 aliphatic carbocycles. The lowest BCUT2D eigenvalue weighted by atomic mass is 10.2. The summed E-state index contributed by atoms with van der Waals surface area (Å²) in [6.07, 6.45) is 0.169. The molecule has 0 radical (unpaired) electrons. The topological polar surface area (TPSA) is 62.7 Å².